The van der Waals surface area contributed by atoms with Crippen molar-refractivity contribution in [3.63, 3.8) is 0 Å². The highest BCUT2D eigenvalue weighted by Gasteiger charge is 2.22. The monoisotopic (exact) mass is 282 g/mol. The van der Waals surface area contributed by atoms with Crippen LogP contribution in [0.4, 0.5) is 5.69 Å². The average molecular weight is 282 g/mol. The molecule has 0 amide bonds. The third kappa shape index (κ3) is 2.49. The van der Waals surface area contributed by atoms with E-state index in [1.165, 1.54) is 16.7 Å². The van der Waals surface area contributed by atoms with Crippen LogP contribution in [0.25, 0.3) is 11.1 Å². The van der Waals surface area contributed by atoms with Crippen LogP contribution in [0.15, 0.2) is 36.4 Å². The Morgan fingerprint density at radius 2 is 2.05 bits per heavy atom. The average Bonchev–Trinajstić information content (AvgIpc) is 2.53. The summed E-state index contributed by atoms with van der Waals surface area (Å²) in [5, 5.41) is 3.43. The zero-order valence-electron chi connectivity index (χ0n) is 12.6. The van der Waals surface area contributed by atoms with Gasteiger partial charge in [-0.25, -0.2) is 0 Å². The molecule has 3 heteroatoms. The Morgan fingerprint density at radius 3 is 2.81 bits per heavy atom. The minimum Gasteiger partial charge on any atom is -0.484 e. The predicted octanol–water partition coefficient (Wildman–Crippen LogP) is 3.36. The van der Waals surface area contributed by atoms with Crippen molar-refractivity contribution < 1.29 is 4.74 Å². The molecule has 3 nitrogen and oxygen atoms in total. The molecule has 3 rings (SSSR count). The van der Waals surface area contributed by atoms with Crippen molar-refractivity contribution in [3.8, 4) is 16.9 Å². The van der Waals surface area contributed by atoms with Gasteiger partial charge in [0.05, 0.1) is 12.2 Å². The highest BCUT2D eigenvalue weighted by atomic mass is 16.5. The Bertz CT molecular complexity index is 652. The minimum absolute atomic E-state index is 0.0349. The molecule has 1 unspecified atom stereocenters. The van der Waals surface area contributed by atoms with Crippen LogP contribution in [-0.4, -0.2) is 19.2 Å². The van der Waals surface area contributed by atoms with Gasteiger partial charge in [0.1, 0.15) is 6.10 Å². The SMILES string of the molecule is CCc1cccc(C)c1-c1cccc2c1OC(CN)CN2. The van der Waals surface area contributed by atoms with Crippen molar-refractivity contribution >= 4 is 5.69 Å². The molecule has 0 fully saturated rings. The van der Waals surface area contributed by atoms with Gasteiger partial charge in [0, 0.05) is 12.1 Å². The summed E-state index contributed by atoms with van der Waals surface area (Å²) in [4.78, 5) is 0. The molecule has 2 aromatic carbocycles. The first-order chi connectivity index (χ1) is 10.2. The number of hydrogen-bond donors (Lipinski definition) is 2. The predicted molar refractivity (Wildman–Crippen MR) is 88.0 cm³/mol. The highest BCUT2D eigenvalue weighted by Crippen LogP contribution is 2.41. The van der Waals surface area contributed by atoms with Gasteiger partial charge in [0.15, 0.2) is 5.75 Å². The number of anilines is 1. The van der Waals surface area contributed by atoms with Crippen LogP contribution >= 0.6 is 0 Å². The van der Waals surface area contributed by atoms with Crippen molar-refractivity contribution in [1.29, 1.82) is 0 Å². The van der Waals surface area contributed by atoms with Crippen molar-refractivity contribution in [2.24, 2.45) is 5.73 Å². The van der Waals surface area contributed by atoms with Crippen LogP contribution in [0.5, 0.6) is 5.75 Å². The first-order valence-electron chi connectivity index (χ1n) is 7.57. The molecule has 110 valence electrons. The molecule has 2 aromatic rings. The summed E-state index contributed by atoms with van der Waals surface area (Å²) in [6.07, 6.45) is 1.04. The standard InChI is InChI=1S/C18H22N2O/c1-3-13-7-4-6-12(2)17(13)15-8-5-9-16-18(15)21-14(10-19)11-20-16/h4-9,14,20H,3,10-11,19H2,1-2H3. The summed E-state index contributed by atoms with van der Waals surface area (Å²) >= 11 is 0. The maximum Gasteiger partial charge on any atom is 0.150 e. The molecule has 1 aliphatic rings. The largest absolute Gasteiger partial charge is 0.484 e. The number of hydrogen-bond acceptors (Lipinski definition) is 3. The molecule has 0 saturated heterocycles. The van der Waals surface area contributed by atoms with Gasteiger partial charge in [-0.1, -0.05) is 37.3 Å². The number of aryl methyl sites for hydroxylation is 2. The second kappa shape index (κ2) is 5.78. The lowest BCUT2D eigenvalue weighted by Crippen LogP contribution is -2.37. The van der Waals surface area contributed by atoms with E-state index in [4.69, 9.17) is 10.5 Å². The van der Waals surface area contributed by atoms with Gasteiger partial charge >= 0.3 is 0 Å². The van der Waals surface area contributed by atoms with E-state index in [-0.39, 0.29) is 6.10 Å². The fourth-order valence-corrected chi connectivity index (χ4v) is 2.97. The molecule has 21 heavy (non-hydrogen) atoms. The zero-order valence-corrected chi connectivity index (χ0v) is 12.6. The first-order valence-corrected chi connectivity index (χ1v) is 7.57. The molecule has 1 aliphatic heterocycles. The van der Waals surface area contributed by atoms with Crippen LogP contribution < -0.4 is 15.8 Å². The lowest BCUT2D eigenvalue weighted by atomic mass is 9.92. The molecule has 1 heterocycles. The van der Waals surface area contributed by atoms with Crippen LogP contribution in [0.2, 0.25) is 0 Å². The maximum atomic E-state index is 6.13. The summed E-state index contributed by atoms with van der Waals surface area (Å²) in [5.41, 5.74) is 11.9. The number of nitrogens with two attached hydrogens (primary N) is 1. The molecular weight excluding hydrogens is 260 g/mol. The summed E-state index contributed by atoms with van der Waals surface area (Å²) in [5.74, 6) is 0.934. The Hall–Kier alpha value is -2.00. The van der Waals surface area contributed by atoms with Crippen molar-refractivity contribution in [1.82, 2.24) is 0 Å². The van der Waals surface area contributed by atoms with E-state index in [1.807, 2.05) is 0 Å². The first kappa shape index (κ1) is 14.0. The highest BCUT2D eigenvalue weighted by molar-refractivity contribution is 5.82. The van der Waals surface area contributed by atoms with Crippen LogP contribution in [-0.2, 0) is 6.42 Å². The quantitative estimate of drug-likeness (QED) is 0.907. The summed E-state index contributed by atoms with van der Waals surface area (Å²) < 4.78 is 6.13. The molecule has 0 aliphatic carbocycles. The van der Waals surface area contributed by atoms with E-state index < -0.39 is 0 Å². The second-order valence-corrected chi connectivity index (χ2v) is 5.50. The minimum atomic E-state index is 0.0349. The van der Waals surface area contributed by atoms with E-state index in [0.717, 1.165) is 30.0 Å². The van der Waals surface area contributed by atoms with Crippen LogP contribution in [0.3, 0.4) is 0 Å². The lowest BCUT2D eigenvalue weighted by Gasteiger charge is -2.29. The molecule has 1 atom stereocenters. The van der Waals surface area contributed by atoms with E-state index >= 15 is 0 Å². The van der Waals surface area contributed by atoms with E-state index in [1.54, 1.807) is 0 Å². The Kier molecular flexibility index (Phi) is 3.84. The molecule has 0 aromatic heterocycles. The van der Waals surface area contributed by atoms with Crippen LogP contribution in [0.1, 0.15) is 18.1 Å². The van der Waals surface area contributed by atoms with Gasteiger partial charge in [-0.3, -0.25) is 0 Å². The van der Waals surface area contributed by atoms with E-state index in [0.29, 0.717) is 6.54 Å². The third-order valence-electron chi connectivity index (χ3n) is 4.09. The van der Waals surface area contributed by atoms with Crippen molar-refractivity contribution in [3.05, 3.63) is 47.5 Å². The van der Waals surface area contributed by atoms with Gasteiger partial charge in [-0.15, -0.1) is 0 Å². The number of nitrogens with one attached hydrogen (secondary N) is 1. The summed E-state index contributed by atoms with van der Waals surface area (Å²) in [6.45, 7) is 5.64. The topological polar surface area (TPSA) is 47.3 Å². The maximum absolute atomic E-state index is 6.13. The molecule has 0 spiro atoms. The van der Waals surface area contributed by atoms with Gasteiger partial charge < -0.3 is 15.8 Å². The summed E-state index contributed by atoms with van der Waals surface area (Å²) in [7, 11) is 0. The number of benzene rings is 2. The fourth-order valence-electron chi connectivity index (χ4n) is 2.97. The number of para-hydroxylation sites is 1. The molecule has 0 bridgehead atoms. The Morgan fingerprint density at radius 1 is 1.24 bits per heavy atom. The molecule has 0 saturated carbocycles. The molecular formula is C18H22N2O. The smallest absolute Gasteiger partial charge is 0.150 e. The van der Waals surface area contributed by atoms with Gasteiger partial charge in [-0.05, 0) is 36.1 Å². The summed E-state index contributed by atoms with van der Waals surface area (Å²) in [6, 6.07) is 12.8. The fraction of sp³-hybridized carbons (Fsp3) is 0.333. The second-order valence-electron chi connectivity index (χ2n) is 5.50. The third-order valence-corrected chi connectivity index (χ3v) is 4.09. The van der Waals surface area contributed by atoms with Crippen LogP contribution in [0, 0.1) is 6.92 Å². The van der Waals surface area contributed by atoms with Crippen molar-refractivity contribution in [2.75, 3.05) is 18.4 Å². The number of fused-ring (bicyclic) bond motifs is 1. The van der Waals surface area contributed by atoms with Gasteiger partial charge in [-0.2, -0.15) is 0 Å². The molecule has 3 N–H and O–H groups in total. The Labute approximate surface area is 126 Å². The lowest BCUT2D eigenvalue weighted by molar-refractivity contribution is 0.215. The van der Waals surface area contributed by atoms with Gasteiger partial charge in [0.2, 0.25) is 0 Å². The van der Waals surface area contributed by atoms with E-state index in [9.17, 15) is 0 Å². The number of ether oxygens (including phenoxy) is 1. The Balaban J connectivity index is 2.17. The number of rotatable bonds is 3. The van der Waals surface area contributed by atoms with Gasteiger partial charge in [0.25, 0.3) is 0 Å². The normalized spacial score (nSPS) is 16.8. The molecule has 0 radical (unpaired) electrons. The van der Waals surface area contributed by atoms with E-state index in [2.05, 4.69) is 55.6 Å². The zero-order chi connectivity index (χ0) is 14.8. The van der Waals surface area contributed by atoms with Crippen molar-refractivity contribution in [2.45, 2.75) is 26.4 Å².